The number of hydrogen-bond donors (Lipinski definition) is 0. The Hall–Kier alpha value is -4.88. The maximum Gasteiger partial charge on any atom is 0.291 e. The number of rotatable bonds is 12. The van der Waals surface area contributed by atoms with E-state index in [9.17, 15) is 4.79 Å². The Balaban J connectivity index is 1.37. The van der Waals surface area contributed by atoms with Crippen LogP contribution in [-0.2, 0) is 32.6 Å². The molecule has 6 rings (SSSR count). The fourth-order valence-corrected chi connectivity index (χ4v) is 6.53. The number of fused-ring (bicyclic) bond motifs is 3. The van der Waals surface area contributed by atoms with Gasteiger partial charge in [-0.1, -0.05) is 0 Å². The number of aromatic nitrogens is 6. The van der Waals surface area contributed by atoms with Crippen LogP contribution in [0.25, 0.3) is 21.3 Å². The monoisotopic (exact) mass is 661 g/mol. The highest BCUT2D eigenvalue weighted by molar-refractivity contribution is 7.19. The molecule has 0 N–H and O–H groups in total. The van der Waals surface area contributed by atoms with Gasteiger partial charge in [0.25, 0.3) is 5.56 Å². The van der Waals surface area contributed by atoms with Crippen LogP contribution in [0.3, 0.4) is 0 Å². The normalized spacial score (nSPS) is 11.3. The third kappa shape index (κ3) is 5.90. The first-order valence-corrected chi connectivity index (χ1v) is 15.6. The first-order valence-electron chi connectivity index (χ1n) is 14.3. The van der Waals surface area contributed by atoms with Crippen LogP contribution in [0, 0.1) is 0 Å². The number of alkyl halides is 1. The van der Waals surface area contributed by atoms with Crippen LogP contribution in [0.5, 0.6) is 23.0 Å². The van der Waals surface area contributed by atoms with Crippen molar-refractivity contribution in [2.75, 3.05) is 33.3 Å². The molecule has 4 aromatic heterocycles. The van der Waals surface area contributed by atoms with Gasteiger partial charge in [0.15, 0.2) is 5.65 Å². The number of thiazole rings is 1. The van der Waals surface area contributed by atoms with E-state index in [0.29, 0.717) is 59.1 Å². The van der Waals surface area contributed by atoms with Crippen molar-refractivity contribution in [3.63, 3.8) is 0 Å². The molecule has 4 heterocycles. The highest BCUT2D eigenvalue weighted by Gasteiger charge is 2.20. The predicted molar refractivity (Wildman–Crippen MR) is 178 cm³/mol. The number of methoxy groups -OCH3 is 4. The van der Waals surface area contributed by atoms with Gasteiger partial charge in [0.05, 0.1) is 57.5 Å². The fourth-order valence-electron chi connectivity index (χ4n) is 5.35. The Kier molecular flexibility index (Phi) is 8.95. The Bertz CT molecular complexity index is 2040. The molecule has 0 saturated heterocycles. The number of nitrogens with zero attached hydrogens (tertiary/aromatic N) is 7. The smallest absolute Gasteiger partial charge is 0.291 e. The second-order valence-electron chi connectivity index (χ2n) is 10.4. The van der Waals surface area contributed by atoms with Gasteiger partial charge in [-0.3, -0.25) is 4.79 Å². The van der Waals surface area contributed by atoms with Crippen molar-refractivity contribution in [3.8, 4) is 23.0 Å². The molecule has 2 aromatic carbocycles. The van der Waals surface area contributed by atoms with Crippen molar-refractivity contribution in [1.82, 2.24) is 29.3 Å². The van der Waals surface area contributed by atoms with Crippen molar-refractivity contribution in [3.05, 3.63) is 87.0 Å². The lowest BCUT2D eigenvalue weighted by atomic mass is 10.1. The van der Waals surface area contributed by atoms with Crippen LogP contribution in [0.2, 0.25) is 0 Å². The molecule has 0 bridgehead atoms. The Morgan fingerprint density at radius 3 is 2.13 bits per heavy atom. The van der Waals surface area contributed by atoms with E-state index in [-0.39, 0.29) is 12.1 Å². The molecule has 46 heavy (non-hydrogen) atoms. The van der Waals surface area contributed by atoms with Gasteiger partial charge in [0.1, 0.15) is 33.5 Å². The van der Waals surface area contributed by atoms with E-state index in [1.165, 1.54) is 16.0 Å². The van der Waals surface area contributed by atoms with E-state index in [4.69, 9.17) is 35.5 Å². The summed E-state index contributed by atoms with van der Waals surface area (Å²) in [5.74, 6) is 3.48. The number of anilines is 1. The quantitative estimate of drug-likeness (QED) is 0.163. The average Bonchev–Trinajstić information content (AvgIpc) is 3.64. The van der Waals surface area contributed by atoms with Gasteiger partial charge in [-0.25, -0.2) is 19.6 Å². The lowest BCUT2D eigenvalue weighted by Crippen LogP contribution is -2.27. The second kappa shape index (κ2) is 13.2. The van der Waals surface area contributed by atoms with Gasteiger partial charge in [0.2, 0.25) is 5.95 Å². The minimum atomic E-state index is -0.236. The first-order chi connectivity index (χ1) is 22.4. The molecular weight excluding hydrogens is 630 g/mol. The van der Waals surface area contributed by atoms with Crippen LogP contribution in [0.15, 0.2) is 59.7 Å². The summed E-state index contributed by atoms with van der Waals surface area (Å²) in [4.78, 5) is 29.8. The molecule has 0 aliphatic heterocycles. The lowest BCUT2D eigenvalue weighted by Gasteiger charge is -2.25. The van der Waals surface area contributed by atoms with Gasteiger partial charge in [0, 0.05) is 55.0 Å². The molecule has 0 radical (unpaired) electrons. The topological polar surface area (TPSA) is 119 Å². The summed E-state index contributed by atoms with van der Waals surface area (Å²) in [6.45, 7) is 0.968. The van der Waals surface area contributed by atoms with E-state index in [2.05, 4.69) is 15.1 Å². The molecule has 0 saturated carbocycles. The third-order valence-corrected chi connectivity index (χ3v) is 9.18. The lowest BCUT2D eigenvalue weighted by molar-refractivity contribution is 0.389. The predicted octanol–water partition coefficient (Wildman–Crippen LogP) is 5.16. The summed E-state index contributed by atoms with van der Waals surface area (Å²) < 4.78 is 26.3. The molecule has 0 aliphatic carbocycles. The zero-order valence-electron chi connectivity index (χ0n) is 26.0. The number of benzene rings is 2. The molecule has 238 valence electrons. The molecule has 12 nitrogen and oxygen atoms in total. The van der Waals surface area contributed by atoms with Crippen molar-refractivity contribution in [2.45, 2.75) is 25.5 Å². The van der Waals surface area contributed by atoms with E-state index in [1.807, 2.05) is 48.3 Å². The summed E-state index contributed by atoms with van der Waals surface area (Å²) >= 11 is 7.48. The molecule has 0 aliphatic rings. The molecule has 6 aromatic rings. The summed E-state index contributed by atoms with van der Waals surface area (Å²) in [6.07, 6.45) is 3.39. The highest BCUT2D eigenvalue weighted by atomic mass is 35.5. The third-order valence-electron chi connectivity index (χ3n) is 7.69. The zero-order valence-corrected chi connectivity index (χ0v) is 27.6. The van der Waals surface area contributed by atoms with Crippen LogP contribution in [0.1, 0.15) is 21.8 Å². The number of ether oxygens (including phenoxy) is 4. The molecule has 0 amide bonds. The van der Waals surface area contributed by atoms with Gasteiger partial charge >= 0.3 is 0 Å². The summed E-state index contributed by atoms with van der Waals surface area (Å²) in [6, 6.07) is 13.1. The summed E-state index contributed by atoms with van der Waals surface area (Å²) in [5.41, 5.74) is 3.44. The molecular formula is C32H32ClN7O5S. The maximum atomic E-state index is 13.7. The molecule has 14 heteroatoms. The number of hydrogen-bond acceptors (Lipinski definition) is 11. The van der Waals surface area contributed by atoms with E-state index in [1.54, 1.807) is 51.5 Å². The maximum absolute atomic E-state index is 13.7. The van der Waals surface area contributed by atoms with Crippen LogP contribution < -0.4 is 29.4 Å². The van der Waals surface area contributed by atoms with Gasteiger partial charge in [-0.2, -0.15) is 5.10 Å². The second-order valence-corrected chi connectivity index (χ2v) is 11.7. The molecule has 0 spiro atoms. The fraction of sp³-hybridized carbons (Fsp3) is 0.281. The van der Waals surface area contributed by atoms with Crippen LogP contribution in [-0.4, -0.2) is 57.7 Å². The number of aryl methyl sites for hydroxylation is 1. The van der Waals surface area contributed by atoms with Crippen molar-refractivity contribution >= 4 is 50.1 Å². The first kappa shape index (κ1) is 31.1. The van der Waals surface area contributed by atoms with Crippen molar-refractivity contribution < 1.29 is 18.9 Å². The van der Waals surface area contributed by atoms with Crippen molar-refractivity contribution in [2.24, 2.45) is 7.05 Å². The Labute approximate surface area is 273 Å². The minimum Gasteiger partial charge on any atom is -0.497 e. The van der Waals surface area contributed by atoms with Crippen LogP contribution >= 0.6 is 22.9 Å². The minimum absolute atomic E-state index is 0.148. The van der Waals surface area contributed by atoms with Crippen molar-refractivity contribution in [1.29, 1.82) is 0 Å². The Morgan fingerprint density at radius 2 is 1.54 bits per heavy atom. The summed E-state index contributed by atoms with van der Waals surface area (Å²) in [5, 5.41) is 6.05. The van der Waals surface area contributed by atoms with Gasteiger partial charge in [-0.15, -0.1) is 22.9 Å². The van der Waals surface area contributed by atoms with Gasteiger partial charge in [-0.05, 0) is 30.3 Å². The highest BCUT2D eigenvalue weighted by Crippen LogP contribution is 2.32. The molecule has 0 fully saturated rings. The zero-order chi connectivity index (χ0) is 32.4. The summed E-state index contributed by atoms with van der Waals surface area (Å²) in [7, 11) is 8.30. The van der Waals surface area contributed by atoms with E-state index in [0.717, 1.165) is 31.9 Å². The SMILES string of the molecule is COc1ccc(CN(Cc2ccc(OC)cc2OC)c2nccc(Cn3ncc4c5sc(CCl)nc5n(C)c4c3=O)n2)c(OC)c1. The Morgan fingerprint density at radius 1 is 0.891 bits per heavy atom. The molecule has 0 atom stereocenters. The average molecular weight is 662 g/mol. The molecule has 0 unspecified atom stereocenters. The van der Waals surface area contributed by atoms with Crippen LogP contribution in [0.4, 0.5) is 5.95 Å². The number of halogens is 1. The largest absolute Gasteiger partial charge is 0.497 e. The van der Waals surface area contributed by atoms with Gasteiger partial charge < -0.3 is 28.4 Å². The van der Waals surface area contributed by atoms with E-state index >= 15 is 0 Å². The van der Waals surface area contributed by atoms with E-state index < -0.39 is 0 Å². The standard InChI is InChI=1S/C32H32ClN7O5S/c1-38-28-24(29-30(38)37-27(14-33)46-29)15-35-40(31(28)41)18-21-10-11-34-32(36-21)39(16-19-6-8-22(42-2)12-25(19)44-4)17-20-7-9-23(43-3)13-26(20)45-5/h6-13,15H,14,16-18H2,1-5H3.